The smallest absolute Gasteiger partial charge is 0.137 e. The van der Waals surface area contributed by atoms with E-state index in [1.807, 2.05) is 12.1 Å². The van der Waals surface area contributed by atoms with Gasteiger partial charge >= 0.3 is 0 Å². The van der Waals surface area contributed by atoms with Gasteiger partial charge in [0.2, 0.25) is 0 Å². The molecule has 0 fully saturated rings. The number of benzene rings is 2. The van der Waals surface area contributed by atoms with Gasteiger partial charge in [-0.25, -0.2) is 0 Å². The average Bonchev–Trinajstić information content (AvgIpc) is 2.37. The van der Waals surface area contributed by atoms with E-state index >= 15 is 0 Å². The number of azo groups is 1. The predicted octanol–water partition coefficient (Wildman–Crippen LogP) is 4.35. The second-order valence-electron chi connectivity index (χ2n) is 3.61. The molecule has 0 aliphatic heterocycles. The second-order valence-corrected chi connectivity index (χ2v) is 4.02. The molecule has 2 rings (SSSR count). The highest BCUT2D eigenvalue weighted by Crippen LogP contribution is 2.29. The summed E-state index contributed by atoms with van der Waals surface area (Å²) in [5.74, 6) is 0.611. The van der Waals surface area contributed by atoms with Gasteiger partial charge in [-0.05, 0) is 36.4 Å². The van der Waals surface area contributed by atoms with Gasteiger partial charge in [0.25, 0.3) is 0 Å². The quantitative estimate of drug-likeness (QED) is 0.660. The third-order valence-corrected chi connectivity index (χ3v) is 2.58. The molecule has 0 radical (unpaired) electrons. The molecule has 2 aromatic rings. The first-order valence-electron chi connectivity index (χ1n) is 5.30. The van der Waals surface area contributed by atoms with Gasteiger partial charge in [0.05, 0.1) is 23.5 Å². The topological polar surface area (TPSA) is 60.0 Å². The third kappa shape index (κ3) is 2.99. The Morgan fingerprint density at radius 3 is 2.39 bits per heavy atom. The van der Waals surface area contributed by atoms with Crippen LogP contribution in [0.4, 0.5) is 17.1 Å². The molecule has 18 heavy (non-hydrogen) atoms. The molecule has 0 aliphatic carbocycles. The van der Waals surface area contributed by atoms with Crippen molar-refractivity contribution < 1.29 is 4.74 Å². The minimum absolute atomic E-state index is 0.501. The molecule has 0 amide bonds. The van der Waals surface area contributed by atoms with Crippen molar-refractivity contribution in [3.8, 4) is 5.75 Å². The summed E-state index contributed by atoms with van der Waals surface area (Å²) < 4.78 is 5.06. The predicted molar refractivity (Wildman–Crippen MR) is 73.0 cm³/mol. The molecule has 0 atom stereocenters. The number of nitrogen functional groups attached to an aromatic ring is 1. The molecule has 0 unspecified atom stereocenters. The van der Waals surface area contributed by atoms with Crippen LogP contribution in [0.5, 0.6) is 5.75 Å². The van der Waals surface area contributed by atoms with Crippen LogP contribution in [0, 0.1) is 0 Å². The van der Waals surface area contributed by atoms with Crippen molar-refractivity contribution in [1.82, 2.24) is 0 Å². The zero-order chi connectivity index (χ0) is 13.0. The first-order valence-corrected chi connectivity index (χ1v) is 5.67. The Bertz CT molecular complexity index is 584. The number of halogens is 1. The normalized spacial score (nSPS) is 10.8. The summed E-state index contributed by atoms with van der Waals surface area (Å²) in [5.41, 5.74) is 7.65. The van der Waals surface area contributed by atoms with E-state index in [0.29, 0.717) is 27.8 Å². The molecular formula is C13H12ClN3O. The number of nitrogens with two attached hydrogens (primary N) is 1. The number of ether oxygens (including phenoxy) is 1. The maximum Gasteiger partial charge on any atom is 0.137 e. The standard InChI is InChI=1S/C13H12ClN3O/c1-18-13-6-5-11(8-12(13)14)17-16-10-4-2-3-9(15)7-10/h2-8H,15H2,1H3. The number of methoxy groups -OCH3 is 1. The Kier molecular flexibility index (Phi) is 3.79. The number of hydrogen-bond acceptors (Lipinski definition) is 4. The maximum atomic E-state index is 5.99. The van der Waals surface area contributed by atoms with Crippen LogP contribution in [0.15, 0.2) is 52.7 Å². The lowest BCUT2D eigenvalue weighted by Gasteiger charge is -2.02. The molecule has 0 aliphatic rings. The molecule has 0 saturated heterocycles. The summed E-state index contributed by atoms with van der Waals surface area (Å²) in [6.07, 6.45) is 0. The van der Waals surface area contributed by atoms with Crippen LogP contribution in [0.2, 0.25) is 5.02 Å². The maximum absolute atomic E-state index is 5.99. The summed E-state index contributed by atoms with van der Waals surface area (Å²) in [5, 5.41) is 8.66. The molecule has 0 bridgehead atoms. The first-order chi connectivity index (χ1) is 8.69. The third-order valence-electron chi connectivity index (χ3n) is 2.29. The van der Waals surface area contributed by atoms with Gasteiger partial charge < -0.3 is 10.5 Å². The summed E-state index contributed by atoms with van der Waals surface area (Å²) in [6, 6.07) is 12.4. The Morgan fingerprint density at radius 1 is 1.06 bits per heavy atom. The van der Waals surface area contributed by atoms with Crippen LogP contribution >= 0.6 is 11.6 Å². The number of anilines is 1. The van der Waals surface area contributed by atoms with Gasteiger partial charge in [0.15, 0.2) is 0 Å². The molecule has 0 spiro atoms. The molecule has 2 N–H and O–H groups in total. The van der Waals surface area contributed by atoms with Gasteiger partial charge in [0.1, 0.15) is 5.75 Å². The number of hydrogen-bond donors (Lipinski definition) is 1. The van der Waals surface area contributed by atoms with Crippen molar-refractivity contribution in [3.63, 3.8) is 0 Å². The Labute approximate surface area is 110 Å². The summed E-state index contributed by atoms with van der Waals surface area (Å²) in [4.78, 5) is 0. The van der Waals surface area contributed by atoms with Gasteiger partial charge in [-0.15, -0.1) is 0 Å². The van der Waals surface area contributed by atoms with Crippen molar-refractivity contribution in [3.05, 3.63) is 47.5 Å². The minimum Gasteiger partial charge on any atom is -0.495 e. The van der Waals surface area contributed by atoms with Crippen molar-refractivity contribution in [2.45, 2.75) is 0 Å². The second kappa shape index (κ2) is 5.51. The van der Waals surface area contributed by atoms with Crippen LogP contribution in [-0.2, 0) is 0 Å². The van der Waals surface area contributed by atoms with Crippen molar-refractivity contribution in [2.75, 3.05) is 12.8 Å². The van der Waals surface area contributed by atoms with E-state index in [0.717, 1.165) is 0 Å². The first kappa shape index (κ1) is 12.4. The highest BCUT2D eigenvalue weighted by atomic mass is 35.5. The van der Waals surface area contributed by atoms with Crippen molar-refractivity contribution >= 4 is 28.7 Å². The van der Waals surface area contributed by atoms with Crippen LogP contribution < -0.4 is 10.5 Å². The summed E-state index contributed by atoms with van der Waals surface area (Å²) >= 11 is 5.99. The Morgan fingerprint density at radius 2 is 1.78 bits per heavy atom. The van der Waals surface area contributed by atoms with Crippen LogP contribution in [0.25, 0.3) is 0 Å². The zero-order valence-electron chi connectivity index (χ0n) is 9.80. The van der Waals surface area contributed by atoms with E-state index in [1.165, 1.54) is 0 Å². The fourth-order valence-electron chi connectivity index (χ4n) is 1.42. The van der Waals surface area contributed by atoms with Gasteiger partial charge in [-0.2, -0.15) is 10.2 Å². The molecule has 92 valence electrons. The van der Waals surface area contributed by atoms with E-state index in [1.54, 1.807) is 37.4 Å². The molecule has 4 nitrogen and oxygen atoms in total. The molecule has 2 aromatic carbocycles. The average molecular weight is 262 g/mol. The monoisotopic (exact) mass is 261 g/mol. The van der Waals surface area contributed by atoms with Crippen molar-refractivity contribution in [2.24, 2.45) is 10.2 Å². The Balaban J connectivity index is 2.21. The SMILES string of the molecule is COc1ccc(N=Nc2cccc(N)c2)cc1Cl. The highest BCUT2D eigenvalue weighted by Gasteiger charge is 2.00. The fraction of sp³-hybridized carbons (Fsp3) is 0.0769. The van der Waals surface area contributed by atoms with Gasteiger partial charge in [-0.3, -0.25) is 0 Å². The summed E-state index contributed by atoms with van der Waals surface area (Å²) in [6.45, 7) is 0. The van der Waals surface area contributed by atoms with Crippen LogP contribution in [-0.4, -0.2) is 7.11 Å². The van der Waals surface area contributed by atoms with Crippen LogP contribution in [0.1, 0.15) is 0 Å². The van der Waals surface area contributed by atoms with E-state index in [4.69, 9.17) is 22.1 Å². The number of nitrogens with zero attached hydrogens (tertiary/aromatic N) is 2. The lowest BCUT2D eigenvalue weighted by Crippen LogP contribution is -1.82. The van der Waals surface area contributed by atoms with Gasteiger partial charge in [0, 0.05) is 5.69 Å². The lowest BCUT2D eigenvalue weighted by atomic mass is 10.3. The molecule has 0 saturated carbocycles. The lowest BCUT2D eigenvalue weighted by molar-refractivity contribution is 0.415. The largest absolute Gasteiger partial charge is 0.495 e. The Hall–Kier alpha value is -2.07. The van der Waals surface area contributed by atoms with Crippen LogP contribution in [0.3, 0.4) is 0 Å². The molecular weight excluding hydrogens is 250 g/mol. The molecule has 0 aromatic heterocycles. The van der Waals surface area contributed by atoms with E-state index in [2.05, 4.69) is 10.2 Å². The zero-order valence-corrected chi connectivity index (χ0v) is 10.6. The number of rotatable bonds is 3. The van der Waals surface area contributed by atoms with E-state index in [9.17, 15) is 0 Å². The fourth-order valence-corrected chi connectivity index (χ4v) is 1.67. The highest BCUT2D eigenvalue weighted by molar-refractivity contribution is 6.32. The minimum atomic E-state index is 0.501. The molecule has 5 heteroatoms. The van der Waals surface area contributed by atoms with E-state index in [-0.39, 0.29) is 0 Å². The van der Waals surface area contributed by atoms with E-state index < -0.39 is 0 Å². The van der Waals surface area contributed by atoms with Crippen molar-refractivity contribution in [1.29, 1.82) is 0 Å². The molecule has 0 heterocycles. The summed E-state index contributed by atoms with van der Waals surface area (Å²) in [7, 11) is 1.56. The van der Waals surface area contributed by atoms with Gasteiger partial charge in [-0.1, -0.05) is 17.7 Å².